The molecule has 1 nitrogen and oxygen atoms in total. The third-order valence-corrected chi connectivity index (χ3v) is 7.43. The molecule has 3 rings (SSSR count). The Morgan fingerprint density at radius 1 is 0.536 bits per heavy atom. The molecule has 0 atom stereocenters. The minimum atomic E-state index is -5.20. The summed E-state index contributed by atoms with van der Waals surface area (Å²) in [7, 11) is -5.20. The van der Waals surface area contributed by atoms with E-state index >= 15 is 0 Å². The molecular weight excluding hydrogens is 434 g/mol. The largest absolute Gasteiger partial charge is 2.00 e. The molecular formula is C18H9ClF6MgOSi. The van der Waals surface area contributed by atoms with E-state index in [1.54, 1.807) is 0 Å². The summed E-state index contributed by atoms with van der Waals surface area (Å²) in [4.78, 5) is 13.7. The maximum Gasteiger partial charge on any atom is 2.00 e. The second-order valence-electron chi connectivity index (χ2n) is 5.49. The second-order valence-corrected chi connectivity index (χ2v) is 8.46. The summed E-state index contributed by atoms with van der Waals surface area (Å²) in [5, 5.41) is -2.61. The molecule has 0 aliphatic carbocycles. The first kappa shape index (κ1) is 24.5. The van der Waals surface area contributed by atoms with Crippen LogP contribution in [0.15, 0.2) is 54.6 Å². The summed E-state index contributed by atoms with van der Waals surface area (Å²) in [5.74, 6) is -9.07. The van der Waals surface area contributed by atoms with Crippen LogP contribution >= 0.6 is 0 Å². The van der Waals surface area contributed by atoms with E-state index in [0.717, 1.165) is 54.6 Å². The molecule has 3 aromatic rings. The van der Waals surface area contributed by atoms with Gasteiger partial charge in [-0.3, -0.25) is 0 Å². The zero-order valence-corrected chi connectivity index (χ0v) is 17.1. The Kier molecular flexibility index (Phi) is 8.15. The van der Waals surface area contributed by atoms with Crippen molar-refractivity contribution < 1.29 is 43.5 Å². The van der Waals surface area contributed by atoms with Crippen LogP contribution in [0.25, 0.3) is 0 Å². The van der Waals surface area contributed by atoms with E-state index in [4.69, 9.17) is 0 Å². The maximum atomic E-state index is 14.4. The molecule has 0 N–H and O–H groups in total. The van der Waals surface area contributed by atoms with E-state index in [2.05, 4.69) is 0 Å². The number of hydrogen-bond donors (Lipinski definition) is 0. The van der Waals surface area contributed by atoms with Crippen LogP contribution in [0.4, 0.5) is 26.3 Å². The molecule has 0 aliphatic heterocycles. The maximum absolute atomic E-state index is 14.4. The summed E-state index contributed by atoms with van der Waals surface area (Å²) in [6, 6.07) is 7.73. The summed E-state index contributed by atoms with van der Waals surface area (Å²) >= 11 is 0. The summed E-state index contributed by atoms with van der Waals surface area (Å²) in [6.07, 6.45) is 0. The second kappa shape index (κ2) is 9.31. The molecule has 0 heterocycles. The van der Waals surface area contributed by atoms with E-state index in [0.29, 0.717) is 0 Å². The number of halogens is 7. The molecule has 142 valence electrons. The molecule has 0 saturated heterocycles. The van der Waals surface area contributed by atoms with Crippen LogP contribution in [0.2, 0.25) is 0 Å². The predicted molar refractivity (Wildman–Crippen MR) is 89.5 cm³/mol. The quantitative estimate of drug-likeness (QED) is 0.274. The fourth-order valence-electron chi connectivity index (χ4n) is 2.76. The van der Waals surface area contributed by atoms with Crippen LogP contribution in [0, 0.1) is 34.9 Å². The molecule has 28 heavy (non-hydrogen) atoms. The SMILES string of the molecule is [Cl-].[Mg+2].[O-][Si](c1cccc(F)c1F)(c1cccc(F)c1F)c1cccc(F)c1F. The van der Waals surface area contributed by atoms with Crippen molar-refractivity contribution in [3.05, 3.63) is 89.5 Å². The zero-order chi connectivity index (χ0) is 19.1. The average Bonchev–Trinajstić information content (AvgIpc) is 2.61. The van der Waals surface area contributed by atoms with E-state index in [-0.39, 0.29) is 35.5 Å². The van der Waals surface area contributed by atoms with Gasteiger partial charge in [0.05, 0.1) is 8.32 Å². The van der Waals surface area contributed by atoms with Crippen molar-refractivity contribution in [2.45, 2.75) is 0 Å². The van der Waals surface area contributed by atoms with Crippen molar-refractivity contribution in [3.8, 4) is 0 Å². The zero-order valence-electron chi connectivity index (χ0n) is 14.0. The average molecular weight is 443 g/mol. The van der Waals surface area contributed by atoms with Gasteiger partial charge in [-0.1, -0.05) is 36.4 Å². The monoisotopic (exact) mass is 442 g/mol. The van der Waals surface area contributed by atoms with Gasteiger partial charge in [-0.2, -0.15) is 0 Å². The molecule has 0 saturated carbocycles. The molecule has 0 fully saturated rings. The minimum Gasteiger partial charge on any atom is -1.00 e. The van der Waals surface area contributed by atoms with Crippen LogP contribution in [0.5, 0.6) is 0 Å². The molecule has 0 aliphatic rings. The third-order valence-electron chi connectivity index (χ3n) is 3.99. The normalized spacial score (nSPS) is 10.8. The van der Waals surface area contributed by atoms with Crippen LogP contribution in [0.1, 0.15) is 0 Å². The predicted octanol–water partition coefficient (Wildman–Crippen LogP) is -1.53. The van der Waals surface area contributed by atoms with Gasteiger partial charge in [-0.15, -0.1) is 0 Å². The number of rotatable bonds is 3. The van der Waals surface area contributed by atoms with Crippen molar-refractivity contribution in [3.63, 3.8) is 0 Å². The van der Waals surface area contributed by atoms with Gasteiger partial charge in [0, 0.05) is 0 Å². The minimum absolute atomic E-state index is 0. The first-order valence-corrected chi connectivity index (χ1v) is 9.23. The molecule has 0 aromatic heterocycles. The number of hydrogen-bond acceptors (Lipinski definition) is 1. The fourth-order valence-corrected chi connectivity index (χ4v) is 5.91. The number of benzene rings is 3. The van der Waals surface area contributed by atoms with Gasteiger partial charge in [-0.05, 0) is 33.8 Å². The van der Waals surface area contributed by atoms with E-state index in [1.807, 2.05) is 0 Å². The standard InChI is InChI=1S/C18H9F6OSi.ClH.Mg/c19-10-4-1-7-13(16(10)22)26(25,14-8-2-5-11(20)17(14)23)15-9-3-6-12(21)18(15)24;;/h1-9H;1H;/q-1;;+2/p-1. The molecule has 0 spiro atoms. The van der Waals surface area contributed by atoms with Gasteiger partial charge in [-0.25, -0.2) is 26.3 Å². The van der Waals surface area contributed by atoms with Crippen LogP contribution < -0.4 is 32.8 Å². The Labute approximate surface area is 179 Å². The van der Waals surface area contributed by atoms with E-state index in [9.17, 15) is 31.1 Å². The Balaban J connectivity index is 0.00000196. The van der Waals surface area contributed by atoms with Crippen LogP contribution in [-0.2, 0) is 0 Å². The Morgan fingerprint density at radius 3 is 1.04 bits per heavy atom. The van der Waals surface area contributed by atoms with Crippen LogP contribution in [0.3, 0.4) is 0 Å². The van der Waals surface area contributed by atoms with Gasteiger partial charge in [0.2, 0.25) is 0 Å². The first-order chi connectivity index (χ1) is 12.3. The molecule has 0 unspecified atom stereocenters. The van der Waals surface area contributed by atoms with Gasteiger partial charge in [0.1, 0.15) is 0 Å². The van der Waals surface area contributed by atoms with Crippen molar-refractivity contribution in [2.75, 3.05) is 0 Å². The van der Waals surface area contributed by atoms with E-state index < -0.39 is 58.8 Å². The summed E-state index contributed by atoms with van der Waals surface area (Å²) < 4.78 is 84.1. The fraction of sp³-hybridized carbons (Fsp3) is 0. The molecule has 0 bridgehead atoms. The molecule has 3 aromatic carbocycles. The van der Waals surface area contributed by atoms with E-state index in [1.165, 1.54) is 0 Å². The Bertz CT molecular complexity index is 879. The van der Waals surface area contributed by atoms with Crippen molar-refractivity contribution >= 4 is 46.9 Å². The van der Waals surface area contributed by atoms with Crippen LogP contribution in [-0.4, -0.2) is 31.4 Å². The smallest absolute Gasteiger partial charge is 1.00 e. The topological polar surface area (TPSA) is 23.1 Å². The molecule has 0 radical (unpaired) electrons. The van der Waals surface area contributed by atoms with Gasteiger partial charge >= 0.3 is 23.1 Å². The van der Waals surface area contributed by atoms with Gasteiger partial charge in [0.25, 0.3) is 0 Å². The third kappa shape index (κ3) is 3.94. The molecule has 0 amide bonds. The summed E-state index contributed by atoms with van der Waals surface area (Å²) in [6.45, 7) is 0. The summed E-state index contributed by atoms with van der Waals surface area (Å²) in [5.41, 5.74) is 0. The van der Waals surface area contributed by atoms with Gasteiger partial charge in [0.15, 0.2) is 34.9 Å². The Hall–Kier alpha value is -1.53. The molecule has 10 heteroatoms. The van der Waals surface area contributed by atoms with Crippen molar-refractivity contribution in [1.82, 2.24) is 0 Å². The first-order valence-electron chi connectivity index (χ1n) is 7.32. The van der Waals surface area contributed by atoms with Gasteiger partial charge < -0.3 is 17.2 Å². The van der Waals surface area contributed by atoms with Crippen molar-refractivity contribution in [1.29, 1.82) is 0 Å². The Morgan fingerprint density at radius 2 is 0.786 bits per heavy atom. The van der Waals surface area contributed by atoms with Crippen molar-refractivity contribution in [2.24, 2.45) is 0 Å².